The summed E-state index contributed by atoms with van der Waals surface area (Å²) in [6.45, 7) is 5.62. The maximum absolute atomic E-state index is 12.5. The second-order valence-electron chi connectivity index (χ2n) is 6.11. The Balaban J connectivity index is 2.32. The van der Waals surface area contributed by atoms with Gasteiger partial charge in [0.2, 0.25) is 10.0 Å². The van der Waals surface area contributed by atoms with Gasteiger partial charge in [0.25, 0.3) is 5.91 Å². The second kappa shape index (κ2) is 8.33. The van der Waals surface area contributed by atoms with E-state index < -0.39 is 10.0 Å². The summed E-state index contributed by atoms with van der Waals surface area (Å²) in [7, 11) is -2.22. The number of aryl methyl sites for hydroxylation is 1. The van der Waals surface area contributed by atoms with Gasteiger partial charge in [-0.1, -0.05) is 24.6 Å². The van der Waals surface area contributed by atoms with E-state index in [0.717, 1.165) is 5.56 Å². The minimum absolute atomic E-state index is 0.0674. The minimum atomic E-state index is -3.68. The van der Waals surface area contributed by atoms with Crippen molar-refractivity contribution in [2.24, 2.45) is 0 Å². The fraction of sp³-hybridized carbons (Fsp3) is 0.316. The zero-order valence-corrected chi connectivity index (χ0v) is 16.2. The van der Waals surface area contributed by atoms with Crippen molar-refractivity contribution in [3.8, 4) is 5.75 Å². The van der Waals surface area contributed by atoms with Crippen LogP contribution in [0.4, 0.5) is 5.69 Å². The molecule has 1 amide bonds. The van der Waals surface area contributed by atoms with Crippen LogP contribution in [0.1, 0.15) is 36.2 Å². The van der Waals surface area contributed by atoms with Crippen LogP contribution in [0.15, 0.2) is 47.4 Å². The number of carbonyl (C=O) groups excluding carboxylic acids is 1. The first-order valence-corrected chi connectivity index (χ1v) is 9.83. The molecule has 0 saturated carbocycles. The van der Waals surface area contributed by atoms with E-state index in [9.17, 15) is 13.2 Å². The highest BCUT2D eigenvalue weighted by Gasteiger charge is 2.19. The van der Waals surface area contributed by atoms with E-state index in [1.807, 2.05) is 26.0 Å². The fourth-order valence-electron chi connectivity index (χ4n) is 2.27. The van der Waals surface area contributed by atoms with Gasteiger partial charge in [-0.25, -0.2) is 13.1 Å². The number of rotatable bonds is 7. The smallest absolute Gasteiger partial charge is 0.255 e. The molecule has 2 N–H and O–H groups in total. The summed E-state index contributed by atoms with van der Waals surface area (Å²) < 4.78 is 32.8. The lowest BCUT2D eigenvalue weighted by Crippen LogP contribution is -2.32. The third-order valence-corrected chi connectivity index (χ3v) is 5.60. The number of sulfonamides is 1. The lowest BCUT2D eigenvalue weighted by atomic mass is 10.1. The Hall–Kier alpha value is -2.38. The molecule has 0 saturated heterocycles. The topological polar surface area (TPSA) is 84.5 Å². The number of nitrogens with one attached hydrogen (secondary N) is 2. The first-order chi connectivity index (χ1) is 12.3. The first-order valence-electron chi connectivity index (χ1n) is 8.35. The lowest BCUT2D eigenvalue weighted by molar-refractivity contribution is 0.102. The lowest BCUT2D eigenvalue weighted by Gasteiger charge is -2.15. The summed E-state index contributed by atoms with van der Waals surface area (Å²) in [5.74, 6) is 0.0423. The molecule has 26 heavy (non-hydrogen) atoms. The first kappa shape index (κ1) is 19.9. The molecule has 0 radical (unpaired) electrons. The van der Waals surface area contributed by atoms with E-state index in [0.29, 0.717) is 23.4 Å². The number of anilines is 1. The van der Waals surface area contributed by atoms with Crippen LogP contribution in [0.25, 0.3) is 0 Å². The molecule has 1 atom stereocenters. The molecule has 0 bridgehead atoms. The summed E-state index contributed by atoms with van der Waals surface area (Å²) in [5.41, 5.74) is 1.82. The van der Waals surface area contributed by atoms with Gasteiger partial charge >= 0.3 is 0 Å². The number of hydrogen-bond acceptors (Lipinski definition) is 4. The van der Waals surface area contributed by atoms with E-state index in [1.54, 1.807) is 19.1 Å². The number of hydrogen-bond donors (Lipinski definition) is 2. The Bertz CT molecular complexity index is 877. The molecule has 2 aromatic rings. The van der Waals surface area contributed by atoms with Gasteiger partial charge < -0.3 is 10.1 Å². The predicted molar refractivity (Wildman–Crippen MR) is 102 cm³/mol. The molecular formula is C19H24N2O4S. The SMILES string of the molecule is CC[C@H](C)NS(=O)(=O)c1ccc(OC)c(NC(=O)c2ccc(C)cc2)c1. The Morgan fingerprint density at radius 3 is 2.38 bits per heavy atom. The van der Waals surface area contributed by atoms with Gasteiger partial charge in [0, 0.05) is 11.6 Å². The van der Waals surface area contributed by atoms with Gasteiger partial charge in [0.15, 0.2) is 0 Å². The molecular weight excluding hydrogens is 352 g/mol. The Kier molecular flexibility index (Phi) is 6.39. The maximum atomic E-state index is 12.5. The molecule has 0 heterocycles. The van der Waals surface area contributed by atoms with Crippen LogP contribution in [-0.2, 0) is 10.0 Å². The number of benzene rings is 2. The van der Waals surface area contributed by atoms with Crippen molar-refractivity contribution in [1.82, 2.24) is 4.72 Å². The molecule has 0 aliphatic carbocycles. The standard InChI is InChI=1S/C19H24N2O4S/c1-5-14(3)21-26(23,24)16-10-11-18(25-4)17(12-16)20-19(22)15-8-6-13(2)7-9-15/h6-12,14,21H,5H2,1-4H3,(H,20,22)/t14-/m0/s1. The van der Waals surface area contributed by atoms with Crippen molar-refractivity contribution in [2.45, 2.75) is 38.1 Å². The third-order valence-electron chi connectivity index (χ3n) is 4.01. The van der Waals surface area contributed by atoms with Crippen LogP contribution in [0.3, 0.4) is 0 Å². The van der Waals surface area contributed by atoms with Crippen molar-refractivity contribution in [3.63, 3.8) is 0 Å². The molecule has 140 valence electrons. The van der Waals surface area contributed by atoms with Crippen molar-refractivity contribution >= 4 is 21.6 Å². The molecule has 2 rings (SSSR count). The molecule has 7 heteroatoms. The van der Waals surface area contributed by atoms with Crippen molar-refractivity contribution in [1.29, 1.82) is 0 Å². The average molecular weight is 376 g/mol. The van der Waals surface area contributed by atoms with Gasteiger partial charge in [-0.2, -0.15) is 0 Å². The predicted octanol–water partition coefficient (Wildman–Crippen LogP) is 3.33. The van der Waals surface area contributed by atoms with Crippen LogP contribution in [0.5, 0.6) is 5.75 Å². The molecule has 0 spiro atoms. The zero-order chi connectivity index (χ0) is 19.3. The molecule has 6 nitrogen and oxygen atoms in total. The monoisotopic (exact) mass is 376 g/mol. The van der Waals surface area contributed by atoms with Crippen molar-refractivity contribution in [2.75, 3.05) is 12.4 Å². The van der Waals surface area contributed by atoms with Gasteiger partial charge in [-0.15, -0.1) is 0 Å². The van der Waals surface area contributed by atoms with E-state index in [1.165, 1.54) is 25.3 Å². The Morgan fingerprint density at radius 1 is 1.15 bits per heavy atom. The summed E-state index contributed by atoms with van der Waals surface area (Å²) in [4.78, 5) is 12.5. The normalized spacial score (nSPS) is 12.5. The van der Waals surface area contributed by atoms with Gasteiger partial charge in [-0.05, 0) is 50.6 Å². The van der Waals surface area contributed by atoms with Crippen LogP contribution < -0.4 is 14.8 Å². The molecule has 0 aliphatic rings. The van der Waals surface area contributed by atoms with Crippen LogP contribution in [-0.4, -0.2) is 27.5 Å². The number of carbonyl (C=O) groups is 1. The third kappa shape index (κ3) is 4.83. The maximum Gasteiger partial charge on any atom is 0.255 e. The zero-order valence-electron chi connectivity index (χ0n) is 15.4. The van der Waals surface area contributed by atoms with Gasteiger partial charge in [0.1, 0.15) is 5.75 Å². The molecule has 0 aromatic heterocycles. The van der Waals surface area contributed by atoms with Crippen LogP contribution in [0.2, 0.25) is 0 Å². The largest absolute Gasteiger partial charge is 0.495 e. The average Bonchev–Trinajstić information content (AvgIpc) is 2.61. The van der Waals surface area contributed by atoms with E-state index >= 15 is 0 Å². The highest BCUT2D eigenvalue weighted by molar-refractivity contribution is 7.89. The van der Waals surface area contributed by atoms with Crippen LogP contribution in [0, 0.1) is 6.92 Å². The molecule has 0 aliphatic heterocycles. The number of methoxy groups -OCH3 is 1. The van der Waals surface area contributed by atoms with E-state index in [-0.39, 0.29) is 16.8 Å². The summed E-state index contributed by atoms with van der Waals surface area (Å²) in [6.07, 6.45) is 0.673. The van der Waals surface area contributed by atoms with Crippen molar-refractivity contribution < 1.29 is 17.9 Å². The number of amides is 1. The summed E-state index contributed by atoms with van der Waals surface area (Å²) in [6, 6.07) is 11.3. The summed E-state index contributed by atoms with van der Waals surface area (Å²) in [5, 5.41) is 2.72. The Labute approximate surface area is 154 Å². The fourth-order valence-corrected chi connectivity index (χ4v) is 3.62. The molecule has 0 fully saturated rings. The minimum Gasteiger partial charge on any atom is -0.495 e. The van der Waals surface area contributed by atoms with Gasteiger partial charge in [-0.3, -0.25) is 4.79 Å². The highest BCUT2D eigenvalue weighted by atomic mass is 32.2. The Morgan fingerprint density at radius 2 is 1.81 bits per heavy atom. The number of ether oxygens (including phenoxy) is 1. The van der Waals surface area contributed by atoms with Crippen molar-refractivity contribution in [3.05, 3.63) is 53.6 Å². The van der Waals surface area contributed by atoms with Crippen LogP contribution >= 0.6 is 0 Å². The quantitative estimate of drug-likeness (QED) is 0.776. The molecule has 2 aromatic carbocycles. The summed E-state index contributed by atoms with van der Waals surface area (Å²) >= 11 is 0. The van der Waals surface area contributed by atoms with E-state index in [2.05, 4.69) is 10.0 Å². The highest BCUT2D eigenvalue weighted by Crippen LogP contribution is 2.28. The van der Waals surface area contributed by atoms with Gasteiger partial charge in [0.05, 0.1) is 17.7 Å². The van der Waals surface area contributed by atoms with E-state index in [4.69, 9.17) is 4.74 Å². The molecule has 0 unspecified atom stereocenters. The second-order valence-corrected chi connectivity index (χ2v) is 7.83.